The molecule has 92 valence electrons. The molecule has 1 aromatic carbocycles. The minimum atomic E-state index is -0.840. The highest BCUT2D eigenvalue weighted by atomic mass is 19.1. The van der Waals surface area contributed by atoms with E-state index in [4.69, 9.17) is 5.73 Å². The third-order valence-electron chi connectivity index (χ3n) is 3.18. The average molecular weight is 237 g/mol. The number of hydrogen-bond donors (Lipinski definition) is 3. The molecule has 1 aromatic rings. The third kappa shape index (κ3) is 2.39. The summed E-state index contributed by atoms with van der Waals surface area (Å²) in [4.78, 5) is 11.6. The lowest BCUT2D eigenvalue weighted by molar-refractivity contribution is -0.123. The molecule has 2 rings (SSSR count). The van der Waals surface area contributed by atoms with Gasteiger partial charge in [0.1, 0.15) is 11.4 Å². The van der Waals surface area contributed by atoms with Crippen LogP contribution in [-0.2, 0) is 4.79 Å². The highest BCUT2D eigenvalue weighted by Crippen LogP contribution is 2.25. The molecule has 1 fully saturated rings. The van der Waals surface area contributed by atoms with Crippen LogP contribution in [0, 0.1) is 5.82 Å². The molecule has 0 aromatic heterocycles. The Labute approximate surface area is 99.4 Å². The molecule has 1 heterocycles. The smallest absolute Gasteiger partial charge is 0.243 e. The third-order valence-corrected chi connectivity index (χ3v) is 3.18. The molecule has 5 heteroatoms. The lowest BCUT2D eigenvalue weighted by atomic mass is 9.87. The number of amides is 1. The standard InChI is InChI=1S/C12H16FN3O/c13-9-3-1-2-4-10(9)16-12(11(14)17)5-7-15-8-6-12/h1-4,15-16H,5-8H2,(H2,14,17). The molecule has 4 N–H and O–H groups in total. The van der Waals surface area contributed by atoms with E-state index in [1.807, 2.05) is 0 Å². The Morgan fingerprint density at radius 1 is 1.35 bits per heavy atom. The molecular formula is C12H16FN3O. The summed E-state index contributed by atoms with van der Waals surface area (Å²) in [5.74, 6) is -0.797. The first-order valence-electron chi connectivity index (χ1n) is 5.67. The van der Waals surface area contributed by atoms with Crippen molar-refractivity contribution < 1.29 is 9.18 Å². The minimum Gasteiger partial charge on any atom is -0.369 e. The Morgan fingerprint density at radius 2 is 2.00 bits per heavy atom. The Hall–Kier alpha value is -1.62. The summed E-state index contributed by atoms with van der Waals surface area (Å²) in [6.07, 6.45) is 1.13. The molecule has 1 aliphatic heterocycles. The summed E-state index contributed by atoms with van der Waals surface area (Å²) in [5, 5.41) is 6.13. The number of carbonyl (C=O) groups excluding carboxylic acids is 1. The fourth-order valence-electron chi connectivity index (χ4n) is 2.11. The number of carbonyl (C=O) groups is 1. The molecule has 0 aliphatic carbocycles. The topological polar surface area (TPSA) is 67.2 Å². The van der Waals surface area contributed by atoms with Crippen LogP contribution in [0.3, 0.4) is 0 Å². The number of nitrogens with two attached hydrogens (primary N) is 1. The number of rotatable bonds is 3. The number of benzene rings is 1. The van der Waals surface area contributed by atoms with Gasteiger partial charge in [-0.25, -0.2) is 4.39 Å². The predicted octanol–water partition coefficient (Wildman–Crippen LogP) is 0.845. The number of anilines is 1. The second-order valence-electron chi connectivity index (χ2n) is 4.30. The van der Waals surface area contributed by atoms with Gasteiger partial charge >= 0.3 is 0 Å². The Balaban J connectivity index is 2.24. The van der Waals surface area contributed by atoms with Crippen molar-refractivity contribution in [3.63, 3.8) is 0 Å². The molecule has 4 nitrogen and oxygen atoms in total. The minimum absolute atomic E-state index is 0.327. The lowest BCUT2D eigenvalue weighted by Gasteiger charge is -2.36. The summed E-state index contributed by atoms with van der Waals surface area (Å²) in [5.41, 5.74) is 4.94. The first kappa shape index (κ1) is 11.9. The van der Waals surface area contributed by atoms with Crippen molar-refractivity contribution in [2.75, 3.05) is 18.4 Å². The Kier molecular flexibility index (Phi) is 3.28. The monoisotopic (exact) mass is 237 g/mol. The average Bonchev–Trinajstić information content (AvgIpc) is 2.33. The van der Waals surface area contributed by atoms with Gasteiger partial charge in [0.25, 0.3) is 0 Å². The molecule has 0 saturated carbocycles. The van der Waals surface area contributed by atoms with Gasteiger partial charge < -0.3 is 16.4 Å². The van der Waals surface area contributed by atoms with Gasteiger partial charge in [-0.15, -0.1) is 0 Å². The van der Waals surface area contributed by atoms with Crippen LogP contribution in [-0.4, -0.2) is 24.5 Å². The number of piperidine rings is 1. The SMILES string of the molecule is NC(=O)C1(Nc2ccccc2F)CCNCC1. The largest absolute Gasteiger partial charge is 0.369 e. The van der Waals surface area contributed by atoms with Crippen molar-refractivity contribution in [2.45, 2.75) is 18.4 Å². The Bertz CT molecular complexity index is 416. The Morgan fingerprint density at radius 3 is 2.59 bits per heavy atom. The van der Waals surface area contributed by atoms with Gasteiger partial charge in [0.05, 0.1) is 5.69 Å². The van der Waals surface area contributed by atoms with Gasteiger partial charge in [-0.2, -0.15) is 0 Å². The van der Waals surface area contributed by atoms with Crippen LogP contribution in [0.4, 0.5) is 10.1 Å². The highest BCUT2D eigenvalue weighted by Gasteiger charge is 2.38. The molecule has 0 spiro atoms. The zero-order valence-electron chi connectivity index (χ0n) is 9.50. The van der Waals surface area contributed by atoms with Crippen molar-refractivity contribution in [2.24, 2.45) is 5.73 Å². The number of halogens is 1. The van der Waals surface area contributed by atoms with E-state index < -0.39 is 11.4 Å². The van der Waals surface area contributed by atoms with Crippen LogP contribution in [0.15, 0.2) is 24.3 Å². The van der Waals surface area contributed by atoms with Crippen LogP contribution in [0.25, 0.3) is 0 Å². The molecule has 17 heavy (non-hydrogen) atoms. The maximum absolute atomic E-state index is 13.5. The number of primary amides is 1. The summed E-state index contributed by atoms with van der Waals surface area (Å²) in [6.45, 7) is 1.40. The van der Waals surface area contributed by atoms with E-state index in [0.29, 0.717) is 31.6 Å². The van der Waals surface area contributed by atoms with E-state index >= 15 is 0 Å². The number of hydrogen-bond acceptors (Lipinski definition) is 3. The van der Waals surface area contributed by atoms with Crippen molar-refractivity contribution >= 4 is 11.6 Å². The van der Waals surface area contributed by atoms with Crippen molar-refractivity contribution in [3.05, 3.63) is 30.1 Å². The van der Waals surface area contributed by atoms with Crippen LogP contribution in [0.5, 0.6) is 0 Å². The predicted molar refractivity (Wildman–Crippen MR) is 64.1 cm³/mol. The van der Waals surface area contributed by atoms with Gasteiger partial charge in [-0.1, -0.05) is 12.1 Å². The normalized spacial score (nSPS) is 18.6. The number of para-hydroxylation sites is 1. The maximum atomic E-state index is 13.5. The highest BCUT2D eigenvalue weighted by molar-refractivity contribution is 5.88. The fraction of sp³-hybridized carbons (Fsp3) is 0.417. The van der Waals surface area contributed by atoms with E-state index in [0.717, 1.165) is 0 Å². The van der Waals surface area contributed by atoms with Gasteiger partial charge in [0.15, 0.2) is 0 Å². The summed E-state index contributed by atoms with van der Waals surface area (Å²) in [7, 11) is 0. The molecule has 0 atom stereocenters. The van der Waals surface area contributed by atoms with Crippen molar-refractivity contribution in [3.8, 4) is 0 Å². The van der Waals surface area contributed by atoms with Crippen LogP contribution < -0.4 is 16.4 Å². The van der Waals surface area contributed by atoms with E-state index in [2.05, 4.69) is 10.6 Å². The first-order valence-corrected chi connectivity index (χ1v) is 5.67. The second kappa shape index (κ2) is 4.71. The van der Waals surface area contributed by atoms with Crippen molar-refractivity contribution in [1.29, 1.82) is 0 Å². The van der Waals surface area contributed by atoms with E-state index in [1.54, 1.807) is 18.2 Å². The quantitative estimate of drug-likeness (QED) is 0.730. The van der Waals surface area contributed by atoms with Gasteiger partial charge in [-0.05, 0) is 38.1 Å². The molecule has 0 radical (unpaired) electrons. The van der Waals surface area contributed by atoms with Crippen LogP contribution in [0.1, 0.15) is 12.8 Å². The van der Waals surface area contributed by atoms with Gasteiger partial charge in [0.2, 0.25) is 5.91 Å². The zero-order chi connectivity index (χ0) is 12.3. The van der Waals surface area contributed by atoms with E-state index in [1.165, 1.54) is 6.07 Å². The molecule has 1 saturated heterocycles. The second-order valence-corrected chi connectivity index (χ2v) is 4.30. The van der Waals surface area contributed by atoms with Gasteiger partial charge in [0, 0.05) is 0 Å². The zero-order valence-corrected chi connectivity index (χ0v) is 9.50. The van der Waals surface area contributed by atoms with E-state index in [-0.39, 0.29) is 5.82 Å². The summed E-state index contributed by atoms with van der Waals surface area (Å²) < 4.78 is 13.5. The summed E-state index contributed by atoms with van der Waals surface area (Å²) >= 11 is 0. The molecule has 0 unspecified atom stereocenters. The molecular weight excluding hydrogens is 221 g/mol. The fourth-order valence-corrected chi connectivity index (χ4v) is 2.11. The number of nitrogens with one attached hydrogen (secondary N) is 2. The van der Waals surface area contributed by atoms with Crippen LogP contribution >= 0.6 is 0 Å². The first-order chi connectivity index (χ1) is 8.14. The molecule has 1 amide bonds. The molecule has 1 aliphatic rings. The van der Waals surface area contributed by atoms with E-state index in [9.17, 15) is 9.18 Å². The van der Waals surface area contributed by atoms with Crippen molar-refractivity contribution in [1.82, 2.24) is 5.32 Å². The van der Waals surface area contributed by atoms with Gasteiger partial charge in [-0.3, -0.25) is 4.79 Å². The lowest BCUT2D eigenvalue weighted by Crippen LogP contribution is -2.56. The maximum Gasteiger partial charge on any atom is 0.243 e. The molecule has 0 bridgehead atoms. The van der Waals surface area contributed by atoms with Crippen LogP contribution in [0.2, 0.25) is 0 Å². The summed E-state index contributed by atoms with van der Waals surface area (Å²) in [6, 6.07) is 6.31.